The summed E-state index contributed by atoms with van der Waals surface area (Å²) in [6, 6.07) is 15.9. The highest BCUT2D eigenvalue weighted by atomic mass is 32.2. The fourth-order valence-electron chi connectivity index (χ4n) is 2.11. The van der Waals surface area contributed by atoms with Gasteiger partial charge in [0.25, 0.3) is 0 Å². The molecule has 0 saturated carbocycles. The number of pyridine rings is 1. The molecule has 0 unspecified atom stereocenters. The molecule has 0 saturated heterocycles. The zero-order valence-corrected chi connectivity index (χ0v) is 11.8. The first-order valence-corrected chi connectivity index (χ1v) is 7.72. The number of aromatic nitrogens is 1. The lowest BCUT2D eigenvalue weighted by atomic mass is 10.1. The first-order valence-electron chi connectivity index (χ1n) is 6.24. The Morgan fingerprint density at radius 1 is 0.900 bits per heavy atom. The molecule has 0 fully saturated rings. The first kappa shape index (κ1) is 12.8. The smallest absolute Gasteiger partial charge is 0.223 e. The van der Waals surface area contributed by atoms with E-state index in [0.717, 1.165) is 16.3 Å². The minimum atomic E-state index is -3.55. The van der Waals surface area contributed by atoms with E-state index in [1.54, 1.807) is 42.6 Å². The van der Waals surface area contributed by atoms with Crippen LogP contribution >= 0.6 is 0 Å². The highest BCUT2D eigenvalue weighted by molar-refractivity contribution is 7.91. The molecule has 0 aliphatic rings. The van der Waals surface area contributed by atoms with Crippen molar-refractivity contribution in [1.29, 1.82) is 0 Å². The second-order valence-electron chi connectivity index (χ2n) is 4.69. The molecular weight excluding hydrogens is 270 g/mol. The number of sulfone groups is 1. The van der Waals surface area contributed by atoms with E-state index in [4.69, 9.17) is 0 Å². The zero-order valence-electron chi connectivity index (χ0n) is 10.9. The fraction of sp³-hybridized carbons (Fsp3) is 0.0625. The van der Waals surface area contributed by atoms with Gasteiger partial charge in [0.15, 0.2) is 5.03 Å². The van der Waals surface area contributed by atoms with Gasteiger partial charge in [0.2, 0.25) is 9.84 Å². The van der Waals surface area contributed by atoms with E-state index in [2.05, 4.69) is 4.98 Å². The van der Waals surface area contributed by atoms with Gasteiger partial charge in [-0.25, -0.2) is 13.4 Å². The molecule has 0 bridgehead atoms. The predicted molar refractivity (Wildman–Crippen MR) is 78.4 cm³/mol. The van der Waals surface area contributed by atoms with Crippen LogP contribution in [-0.2, 0) is 9.84 Å². The second kappa shape index (κ2) is 4.72. The average molecular weight is 283 g/mol. The summed E-state index contributed by atoms with van der Waals surface area (Å²) in [5, 5.41) is 1.90. The van der Waals surface area contributed by atoms with Crippen LogP contribution in [0.5, 0.6) is 0 Å². The molecule has 20 heavy (non-hydrogen) atoms. The highest BCUT2D eigenvalue weighted by Gasteiger charge is 2.18. The van der Waals surface area contributed by atoms with Crippen LogP contribution in [-0.4, -0.2) is 13.4 Å². The zero-order chi connectivity index (χ0) is 14.2. The van der Waals surface area contributed by atoms with Crippen LogP contribution in [0, 0.1) is 6.92 Å². The van der Waals surface area contributed by atoms with E-state index < -0.39 is 9.84 Å². The summed E-state index contributed by atoms with van der Waals surface area (Å²) >= 11 is 0. The summed E-state index contributed by atoms with van der Waals surface area (Å²) in [5.74, 6) is 0. The lowest BCUT2D eigenvalue weighted by Gasteiger charge is -2.05. The monoisotopic (exact) mass is 283 g/mol. The van der Waals surface area contributed by atoms with Gasteiger partial charge in [-0.2, -0.15) is 0 Å². The normalized spacial score (nSPS) is 11.7. The molecule has 0 spiro atoms. The van der Waals surface area contributed by atoms with Crippen molar-refractivity contribution in [3.8, 4) is 0 Å². The van der Waals surface area contributed by atoms with Gasteiger partial charge in [-0.15, -0.1) is 0 Å². The van der Waals surface area contributed by atoms with Gasteiger partial charge < -0.3 is 0 Å². The van der Waals surface area contributed by atoms with Crippen molar-refractivity contribution in [3.63, 3.8) is 0 Å². The number of rotatable bonds is 2. The fourth-order valence-corrected chi connectivity index (χ4v) is 3.34. The third-order valence-corrected chi connectivity index (χ3v) is 4.85. The molecule has 3 aromatic rings. The lowest BCUT2D eigenvalue weighted by molar-refractivity contribution is 0.592. The van der Waals surface area contributed by atoms with Crippen LogP contribution in [0.1, 0.15) is 5.56 Å². The maximum absolute atomic E-state index is 12.5. The molecule has 0 aliphatic heterocycles. The third kappa shape index (κ3) is 2.18. The molecule has 3 nitrogen and oxygen atoms in total. The SMILES string of the molecule is Cc1ccc2cnc(S(=O)(=O)c3ccccc3)cc2c1. The van der Waals surface area contributed by atoms with Crippen LogP contribution in [0.3, 0.4) is 0 Å². The van der Waals surface area contributed by atoms with Gasteiger partial charge >= 0.3 is 0 Å². The summed E-state index contributed by atoms with van der Waals surface area (Å²) < 4.78 is 25.0. The van der Waals surface area contributed by atoms with Gasteiger partial charge in [-0.1, -0.05) is 42.0 Å². The predicted octanol–water partition coefficient (Wildman–Crippen LogP) is 3.38. The van der Waals surface area contributed by atoms with Gasteiger partial charge in [0, 0.05) is 11.6 Å². The third-order valence-electron chi connectivity index (χ3n) is 3.18. The van der Waals surface area contributed by atoms with Crippen molar-refractivity contribution >= 4 is 20.6 Å². The molecule has 0 atom stereocenters. The molecule has 2 aromatic carbocycles. The van der Waals surface area contributed by atoms with Crippen molar-refractivity contribution in [1.82, 2.24) is 4.98 Å². The van der Waals surface area contributed by atoms with Crippen LogP contribution in [0.15, 0.2) is 70.7 Å². The molecule has 3 rings (SSSR count). The molecule has 0 amide bonds. The van der Waals surface area contributed by atoms with Crippen LogP contribution in [0.2, 0.25) is 0 Å². The molecule has 0 radical (unpaired) electrons. The maximum Gasteiger partial charge on any atom is 0.223 e. The van der Waals surface area contributed by atoms with Crippen molar-refractivity contribution in [3.05, 3.63) is 66.4 Å². The Labute approximate surface area is 117 Å². The largest absolute Gasteiger partial charge is 0.244 e. The van der Waals surface area contributed by atoms with E-state index in [-0.39, 0.29) is 9.92 Å². The number of hydrogen-bond donors (Lipinski definition) is 0. The number of aryl methyl sites for hydroxylation is 1. The second-order valence-corrected chi connectivity index (χ2v) is 6.59. The Balaban J connectivity index is 2.19. The molecule has 1 heterocycles. The Morgan fingerprint density at radius 3 is 2.40 bits per heavy atom. The molecule has 1 aromatic heterocycles. The van der Waals surface area contributed by atoms with Crippen LogP contribution < -0.4 is 0 Å². The Hall–Kier alpha value is -2.20. The summed E-state index contributed by atoms with van der Waals surface area (Å²) in [6.45, 7) is 1.98. The van der Waals surface area contributed by atoms with Crippen molar-refractivity contribution in [2.75, 3.05) is 0 Å². The van der Waals surface area contributed by atoms with E-state index in [1.807, 2.05) is 25.1 Å². The molecule has 0 aliphatic carbocycles. The molecular formula is C16H13NO2S. The van der Waals surface area contributed by atoms with Gasteiger partial charge in [0.1, 0.15) is 0 Å². The van der Waals surface area contributed by atoms with Gasteiger partial charge in [0.05, 0.1) is 4.90 Å². The molecule has 4 heteroatoms. The van der Waals surface area contributed by atoms with E-state index in [1.165, 1.54) is 0 Å². The Bertz CT molecular complexity index is 871. The minimum Gasteiger partial charge on any atom is -0.244 e. The van der Waals surface area contributed by atoms with E-state index in [0.29, 0.717) is 0 Å². The van der Waals surface area contributed by atoms with Crippen LogP contribution in [0.25, 0.3) is 10.8 Å². The quantitative estimate of drug-likeness (QED) is 0.724. The van der Waals surface area contributed by atoms with Gasteiger partial charge in [-0.05, 0) is 30.5 Å². The van der Waals surface area contributed by atoms with E-state index in [9.17, 15) is 8.42 Å². The highest BCUT2D eigenvalue weighted by Crippen LogP contribution is 2.23. The van der Waals surface area contributed by atoms with Crippen molar-refractivity contribution in [2.24, 2.45) is 0 Å². The summed E-state index contributed by atoms with van der Waals surface area (Å²) in [6.07, 6.45) is 1.60. The number of nitrogens with zero attached hydrogens (tertiary/aromatic N) is 1. The summed E-state index contributed by atoms with van der Waals surface area (Å²) in [5.41, 5.74) is 1.09. The lowest BCUT2D eigenvalue weighted by Crippen LogP contribution is -2.04. The summed E-state index contributed by atoms with van der Waals surface area (Å²) in [4.78, 5) is 4.36. The standard InChI is InChI=1S/C16H13NO2S/c1-12-7-8-13-11-17-16(10-14(13)9-12)20(18,19)15-5-3-2-4-6-15/h2-11H,1H3. The minimum absolute atomic E-state index is 0.0850. The Kier molecular flexibility index (Phi) is 3.03. The number of benzene rings is 2. The first-order chi connectivity index (χ1) is 9.57. The van der Waals surface area contributed by atoms with Crippen molar-refractivity contribution < 1.29 is 8.42 Å². The molecule has 100 valence electrons. The molecule has 0 N–H and O–H groups in total. The van der Waals surface area contributed by atoms with Crippen LogP contribution in [0.4, 0.5) is 0 Å². The van der Waals surface area contributed by atoms with E-state index >= 15 is 0 Å². The maximum atomic E-state index is 12.5. The van der Waals surface area contributed by atoms with Gasteiger partial charge in [-0.3, -0.25) is 0 Å². The average Bonchev–Trinajstić information content (AvgIpc) is 2.47. The number of hydrogen-bond acceptors (Lipinski definition) is 3. The topological polar surface area (TPSA) is 47.0 Å². The Morgan fingerprint density at radius 2 is 1.65 bits per heavy atom. The summed E-state index contributed by atoms with van der Waals surface area (Å²) in [7, 11) is -3.55. The van der Waals surface area contributed by atoms with Crippen molar-refractivity contribution in [2.45, 2.75) is 16.8 Å². The number of fused-ring (bicyclic) bond motifs is 1.